The van der Waals surface area contributed by atoms with Gasteiger partial charge in [-0.2, -0.15) is 0 Å². The maximum absolute atomic E-state index is 4.25. The number of aromatic nitrogens is 2. The normalized spacial score (nSPS) is 25.7. The van der Waals surface area contributed by atoms with Crippen LogP contribution in [0.3, 0.4) is 0 Å². The molecule has 1 N–H and O–H groups in total. The monoisotopic (exact) mass is 246 g/mol. The lowest BCUT2D eigenvalue weighted by Crippen LogP contribution is -2.31. The summed E-state index contributed by atoms with van der Waals surface area (Å²) in [5.41, 5.74) is 0. The summed E-state index contributed by atoms with van der Waals surface area (Å²) in [6.07, 6.45) is 12.3. The minimum atomic E-state index is 0.771. The van der Waals surface area contributed by atoms with E-state index in [9.17, 15) is 0 Å². The van der Waals surface area contributed by atoms with Gasteiger partial charge in [0.1, 0.15) is 5.82 Å². The molecule has 2 heterocycles. The van der Waals surface area contributed by atoms with Gasteiger partial charge in [-0.1, -0.05) is 12.8 Å². The third-order valence-electron chi connectivity index (χ3n) is 4.29. The Morgan fingerprint density at radius 1 is 1.22 bits per heavy atom. The quantitative estimate of drug-likeness (QED) is 0.884. The van der Waals surface area contributed by atoms with E-state index in [0.29, 0.717) is 0 Å². The van der Waals surface area contributed by atoms with Crippen molar-refractivity contribution in [2.45, 2.75) is 38.1 Å². The van der Waals surface area contributed by atoms with Crippen molar-refractivity contribution in [2.24, 2.45) is 5.92 Å². The summed E-state index contributed by atoms with van der Waals surface area (Å²) < 4.78 is 0. The van der Waals surface area contributed by atoms with Crippen LogP contribution in [0.15, 0.2) is 18.6 Å². The van der Waals surface area contributed by atoms with Crippen molar-refractivity contribution >= 4 is 5.82 Å². The van der Waals surface area contributed by atoms with Crippen LogP contribution in [0.4, 0.5) is 5.82 Å². The summed E-state index contributed by atoms with van der Waals surface area (Å²) in [6, 6.07) is 0.881. The third-order valence-corrected chi connectivity index (χ3v) is 4.29. The third kappa shape index (κ3) is 2.80. The van der Waals surface area contributed by atoms with Crippen LogP contribution in [0.25, 0.3) is 0 Å². The summed E-state index contributed by atoms with van der Waals surface area (Å²) in [5.74, 6) is 1.67. The van der Waals surface area contributed by atoms with Crippen molar-refractivity contribution in [1.29, 1.82) is 0 Å². The van der Waals surface area contributed by atoms with Gasteiger partial charge in [0.25, 0.3) is 0 Å². The Bertz CT molecular complexity index is 361. The molecule has 1 aromatic rings. The molecule has 0 bridgehead atoms. The van der Waals surface area contributed by atoms with Gasteiger partial charge >= 0.3 is 0 Å². The Balaban J connectivity index is 1.45. The highest BCUT2D eigenvalue weighted by molar-refractivity contribution is 5.29. The Hall–Kier alpha value is -1.16. The fraction of sp³-hybridized carbons (Fsp3) is 0.714. The molecule has 1 unspecified atom stereocenters. The molecular weight excluding hydrogens is 224 g/mol. The molecule has 18 heavy (non-hydrogen) atoms. The highest BCUT2D eigenvalue weighted by atomic mass is 15.2. The van der Waals surface area contributed by atoms with Crippen LogP contribution in [0.5, 0.6) is 0 Å². The van der Waals surface area contributed by atoms with Crippen molar-refractivity contribution in [3.05, 3.63) is 18.6 Å². The van der Waals surface area contributed by atoms with Crippen LogP contribution in [0.2, 0.25) is 0 Å². The number of hydrogen-bond donors (Lipinski definition) is 1. The van der Waals surface area contributed by atoms with Gasteiger partial charge < -0.3 is 10.2 Å². The molecule has 4 heteroatoms. The number of hydrogen-bond acceptors (Lipinski definition) is 4. The van der Waals surface area contributed by atoms with E-state index < -0.39 is 0 Å². The van der Waals surface area contributed by atoms with Gasteiger partial charge in [-0.3, -0.25) is 4.98 Å². The Kier molecular flexibility index (Phi) is 3.74. The molecule has 1 atom stereocenters. The lowest BCUT2D eigenvalue weighted by molar-refractivity contribution is 0.238. The molecular formula is C14H22N4. The molecule has 1 saturated carbocycles. The SMILES string of the molecule is c1cnc(NCC2CCN(C3CCCC3)C2)cn1. The maximum atomic E-state index is 4.25. The minimum Gasteiger partial charge on any atom is -0.368 e. The van der Waals surface area contributed by atoms with Crippen molar-refractivity contribution in [2.75, 3.05) is 25.0 Å². The zero-order valence-corrected chi connectivity index (χ0v) is 10.9. The van der Waals surface area contributed by atoms with Gasteiger partial charge in [-0.05, 0) is 31.7 Å². The van der Waals surface area contributed by atoms with E-state index in [1.54, 1.807) is 18.6 Å². The van der Waals surface area contributed by atoms with Gasteiger partial charge in [-0.15, -0.1) is 0 Å². The van der Waals surface area contributed by atoms with Crippen molar-refractivity contribution in [1.82, 2.24) is 14.9 Å². The first-order valence-electron chi connectivity index (χ1n) is 7.16. The van der Waals surface area contributed by atoms with Crippen LogP contribution in [0, 0.1) is 5.92 Å². The number of anilines is 1. The predicted octanol–water partition coefficient (Wildman–Crippen LogP) is 2.15. The second-order valence-electron chi connectivity index (χ2n) is 5.56. The fourth-order valence-electron chi connectivity index (χ4n) is 3.27. The largest absolute Gasteiger partial charge is 0.368 e. The number of likely N-dealkylation sites (tertiary alicyclic amines) is 1. The fourth-order valence-corrected chi connectivity index (χ4v) is 3.27. The molecule has 1 saturated heterocycles. The molecule has 0 radical (unpaired) electrons. The summed E-state index contributed by atoms with van der Waals surface area (Å²) in [6.45, 7) is 3.58. The smallest absolute Gasteiger partial charge is 0.144 e. The van der Waals surface area contributed by atoms with Gasteiger partial charge in [0.05, 0.1) is 6.20 Å². The molecule has 0 aromatic carbocycles. The maximum Gasteiger partial charge on any atom is 0.144 e. The van der Waals surface area contributed by atoms with Crippen molar-refractivity contribution in [3.8, 4) is 0 Å². The molecule has 2 fully saturated rings. The average molecular weight is 246 g/mol. The molecule has 98 valence electrons. The van der Waals surface area contributed by atoms with E-state index in [1.165, 1.54) is 45.2 Å². The molecule has 4 nitrogen and oxygen atoms in total. The van der Waals surface area contributed by atoms with Crippen LogP contribution in [0.1, 0.15) is 32.1 Å². The van der Waals surface area contributed by atoms with Gasteiger partial charge in [0.15, 0.2) is 0 Å². The van der Waals surface area contributed by atoms with E-state index in [2.05, 4.69) is 20.2 Å². The topological polar surface area (TPSA) is 41.1 Å². The molecule has 3 rings (SSSR count). The van der Waals surface area contributed by atoms with E-state index in [1.807, 2.05) is 0 Å². The Morgan fingerprint density at radius 3 is 2.89 bits per heavy atom. The molecule has 1 aliphatic carbocycles. The number of nitrogens with one attached hydrogen (secondary N) is 1. The van der Waals surface area contributed by atoms with Crippen LogP contribution in [-0.4, -0.2) is 40.5 Å². The average Bonchev–Trinajstić information content (AvgIpc) is 3.08. The van der Waals surface area contributed by atoms with Crippen molar-refractivity contribution < 1.29 is 0 Å². The lowest BCUT2D eigenvalue weighted by atomic mass is 10.1. The summed E-state index contributed by atoms with van der Waals surface area (Å²) in [7, 11) is 0. The van der Waals surface area contributed by atoms with Crippen molar-refractivity contribution in [3.63, 3.8) is 0 Å². The van der Waals surface area contributed by atoms with E-state index in [4.69, 9.17) is 0 Å². The molecule has 1 aromatic heterocycles. The first-order chi connectivity index (χ1) is 8.92. The van der Waals surface area contributed by atoms with Crippen LogP contribution in [-0.2, 0) is 0 Å². The first-order valence-corrected chi connectivity index (χ1v) is 7.16. The summed E-state index contributed by atoms with van der Waals surface area (Å²) in [5, 5.41) is 3.40. The molecule has 0 amide bonds. The van der Waals surface area contributed by atoms with Gasteiger partial charge in [0, 0.05) is 31.5 Å². The second kappa shape index (κ2) is 5.65. The lowest BCUT2D eigenvalue weighted by Gasteiger charge is -2.23. The van der Waals surface area contributed by atoms with E-state index >= 15 is 0 Å². The molecule has 2 aliphatic rings. The molecule has 0 spiro atoms. The number of rotatable bonds is 4. The van der Waals surface area contributed by atoms with Gasteiger partial charge in [-0.25, -0.2) is 4.98 Å². The van der Waals surface area contributed by atoms with E-state index in [-0.39, 0.29) is 0 Å². The zero-order valence-electron chi connectivity index (χ0n) is 10.9. The Labute approximate surface area is 109 Å². The predicted molar refractivity (Wildman–Crippen MR) is 72.5 cm³/mol. The second-order valence-corrected chi connectivity index (χ2v) is 5.56. The van der Waals surface area contributed by atoms with Crippen LogP contribution < -0.4 is 5.32 Å². The summed E-state index contributed by atoms with van der Waals surface area (Å²) >= 11 is 0. The minimum absolute atomic E-state index is 0.771. The zero-order chi connectivity index (χ0) is 12.2. The summed E-state index contributed by atoms with van der Waals surface area (Å²) in [4.78, 5) is 11.0. The van der Waals surface area contributed by atoms with Gasteiger partial charge in [0.2, 0.25) is 0 Å². The number of nitrogens with zero attached hydrogens (tertiary/aromatic N) is 3. The Morgan fingerprint density at radius 2 is 2.11 bits per heavy atom. The standard InChI is InChI=1S/C14H22N4/c1-2-4-13(3-1)18-8-5-12(11-18)9-17-14-10-15-6-7-16-14/h6-7,10,12-13H,1-5,8-9,11H2,(H,16,17). The highest BCUT2D eigenvalue weighted by Gasteiger charge is 2.29. The van der Waals surface area contributed by atoms with Crippen LogP contribution >= 0.6 is 0 Å². The molecule has 1 aliphatic heterocycles. The highest BCUT2D eigenvalue weighted by Crippen LogP contribution is 2.28. The first kappa shape index (κ1) is 11.9. The van der Waals surface area contributed by atoms with E-state index in [0.717, 1.165) is 24.3 Å².